The number of aliphatic imine (C=N–C) groups is 1. The molecular weight excluding hydrogens is 244 g/mol. The van der Waals surface area contributed by atoms with E-state index in [4.69, 9.17) is 0 Å². The van der Waals surface area contributed by atoms with Gasteiger partial charge in [-0.1, -0.05) is 36.4 Å². The number of hydrogen-bond acceptors (Lipinski definition) is 1. The van der Waals surface area contributed by atoms with E-state index in [1.807, 2.05) is 24.3 Å². The van der Waals surface area contributed by atoms with Gasteiger partial charge < -0.3 is 0 Å². The molecule has 2 aromatic rings. The summed E-state index contributed by atoms with van der Waals surface area (Å²) >= 11 is 0. The number of alkyl halides is 2. The van der Waals surface area contributed by atoms with Crippen LogP contribution in [0.15, 0.2) is 47.5 Å². The number of fused-ring (bicyclic) bond motifs is 3. The smallest absolute Gasteiger partial charge is 0.280 e. The van der Waals surface area contributed by atoms with E-state index in [0.717, 1.165) is 17.5 Å². The Bertz CT molecular complexity index is 660. The molecule has 2 aromatic carbocycles. The highest BCUT2D eigenvalue weighted by molar-refractivity contribution is 6.03. The van der Waals surface area contributed by atoms with E-state index in [1.165, 1.54) is 18.2 Å². The maximum absolute atomic E-state index is 12.9. The Morgan fingerprint density at radius 2 is 1.79 bits per heavy atom. The van der Waals surface area contributed by atoms with E-state index in [2.05, 4.69) is 17.1 Å². The fraction of sp³-hybridized carbons (Fsp3) is 0.188. The Kier molecular flexibility index (Phi) is 2.90. The van der Waals surface area contributed by atoms with Crippen LogP contribution in [0, 0.1) is 0 Å². The highest BCUT2D eigenvalue weighted by Crippen LogP contribution is 2.36. The summed E-state index contributed by atoms with van der Waals surface area (Å²) in [4.78, 5) is 3.70. The van der Waals surface area contributed by atoms with E-state index >= 15 is 0 Å². The second kappa shape index (κ2) is 4.57. The van der Waals surface area contributed by atoms with Crippen molar-refractivity contribution >= 4 is 5.71 Å². The van der Waals surface area contributed by atoms with Crippen molar-refractivity contribution in [2.45, 2.75) is 12.8 Å². The first kappa shape index (κ1) is 12.0. The molecule has 3 rings (SSSR count). The van der Waals surface area contributed by atoms with Gasteiger partial charge in [-0.2, -0.15) is 0 Å². The molecule has 19 heavy (non-hydrogen) atoms. The van der Waals surface area contributed by atoms with Crippen LogP contribution in [0.5, 0.6) is 0 Å². The molecule has 0 fully saturated rings. The molecule has 0 aromatic heterocycles. The summed E-state index contributed by atoms with van der Waals surface area (Å²) < 4.78 is 25.7. The van der Waals surface area contributed by atoms with Crippen LogP contribution in [-0.4, -0.2) is 19.2 Å². The predicted octanol–water partition coefficient (Wildman–Crippen LogP) is 3.94. The quantitative estimate of drug-likeness (QED) is 0.616. The predicted molar refractivity (Wildman–Crippen MR) is 73.1 cm³/mol. The third-order valence-corrected chi connectivity index (χ3v) is 3.54. The summed E-state index contributed by atoms with van der Waals surface area (Å²) in [6.07, 6.45) is -1.73. The van der Waals surface area contributed by atoms with Crippen LogP contribution in [0.3, 0.4) is 0 Å². The standard InChI is InChI=1S/C16H13F2N/c1-19-15(16(17)18)11-6-7-14-12(9-11)8-10-4-2-3-5-13(10)14/h2-7,9,16H,8H2,1H3/b19-15+. The molecule has 0 radical (unpaired) electrons. The van der Waals surface area contributed by atoms with E-state index in [1.54, 1.807) is 6.07 Å². The molecule has 0 aliphatic heterocycles. The van der Waals surface area contributed by atoms with E-state index in [0.29, 0.717) is 5.56 Å². The van der Waals surface area contributed by atoms with Gasteiger partial charge in [0.1, 0.15) is 5.71 Å². The lowest BCUT2D eigenvalue weighted by atomic mass is 10.0. The first-order chi connectivity index (χ1) is 9.20. The minimum atomic E-state index is -2.54. The summed E-state index contributed by atoms with van der Waals surface area (Å²) in [5.41, 5.74) is 5.07. The lowest BCUT2D eigenvalue weighted by Gasteiger charge is -2.07. The molecule has 1 nitrogen and oxygen atoms in total. The molecule has 0 atom stereocenters. The zero-order chi connectivity index (χ0) is 13.4. The Morgan fingerprint density at radius 1 is 1.05 bits per heavy atom. The molecule has 3 heteroatoms. The third kappa shape index (κ3) is 1.95. The molecule has 0 heterocycles. The second-order valence-corrected chi connectivity index (χ2v) is 4.62. The molecule has 1 aliphatic carbocycles. The molecule has 96 valence electrons. The maximum Gasteiger partial charge on any atom is 0.280 e. The van der Waals surface area contributed by atoms with Gasteiger partial charge in [0.15, 0.2) is 0 Å². The van der Waals surface area contributed by atoms with Crippen molar-refractivity contribution in [3.05, 3.63) is 59.2 Å². The summed E-state index contributed by atoms with van der Waals surface area (Å²) in [6.45, 7) is 0. The molecule has 1 aliphatic rings. The van der Waals surface area contributed by atoms with E-state index < -0.39 is 6.43 Å². The lowest BCUT2D eigenvalue weighted by molar-refractivity contribution is 0.226. The molecule has 0 saturated heterocycles. The Balaban J connectivity index is 2.07. The highest BCUT2D eigenvalue weighted by Gasteiger charge is 2.21. The second-order valence-electron chi connectivity index (χ2n) is 4.62. The number of nitrogens with zero attached hydrogens (tertiary/aromatic N) is 1. The molecule has 0 bridgehead atoms. The number of halogens is 2. The largest absolute Gasteiger partial charge is 0.286 e. The minimum absolute atomic E-state index is 0.140. The van der Waals surface area contributed by atoms with Crippen molar-refractivity contribution in [3.63, 3.8) is 0 Å². The summed E-state index contributed by atoms with van der Waals surface area (Å²) in [5, 5.41) is 0. The van der Waals surface area contributed by atoms with Crippen LogP contribution < -0.4 is 0 Å². The van der Waals surface area contributed by atoms with Gasteiger partial charge >= 0.3 is 0 Å². The van der Waals surface area contributed by atoms with Crippen LogP contribution >= 0.6 is 0 Å². The van der Waals surface area contributed by atoms with Gasteiger partial charge in [-0.25, -0.2) is 8.78 Å². The van der Waals surface area contributed by atoms with Crippen LogP contribution in [0.4, 0.5) is 8.78 Å². The third-order valence-electron chi connectivity index (χ3n) is 3.54. The Morgan fingerprint density at radius 3 is 2.53 bits per heavy atom. The van der Waals surface area contributed by atoms with Crippen molar-refractivity contribution < 1.29 is 8.78 Å². The summed E-state index contributed by atoms with van der Waals surface area (Å²) in [5.74, 6) is 0. The average molecular weight is 257 g/mol. The van der Waals surface area contributed by atoms with Gasteiger partial charge in [0.25, 0.3) is 6.43 Å². The minimum Gasteiger partial charge on any atom is -0.286 e. The van der Waals surface area contributed by atoms with Gasteiger partial charge in [0, 0.05) is 12.6 Å². The van der Waals surface area contributed by atoms with Crippen molar-refractivity contribution in [3.8, 4) is 11.1 Å². The fourth-order valence-electron chi connectivity index (χ4n) is 2.66. The average Bonchev–Trinajstić information content (AvgIpc) is 2.76. The van der Waals surface area contributed by atoms with Crippen molar-refractivity contribution in [1.29, 1.82) is 0 Å². The first-order valence-corrected chi connectivity index (χ1v) is 6.17. The van der Waals surface area contributed by atoms with Crippen LogP contribution in [-0.2, 0) is 6.42 Å². The SMILES string of the molecule is C/N=C(\c1ccc2c(c1)Cc1ccccc1-2)C(F)F. The van der Waals surface area contributed by atoms with Crippen molar-refractivity contribution in [2.75, 3.05) is 7.05 Å². The number of benzene rings is 2. The van der Waals surface area contributed by atoms with E-state index in [-0.39, 0.29) is 5.71 Å². The molecule has 0 N–H and O–H groups in total. The normalized spacial score (nSPS) is 13.6. The Labute approximate surface area is 110 Å². The number of rotatable bonds is 2. The molecule has 0 unspecified atom stereocenters. The lowest BCUT2D eigenvalue weighted by Crippen LogP contribution is -2.12. The zero-order valence-corrected chi connectivity index (χ0v) is 10.5. The van der Waals surface area contributed by atoms with Gasteiger partial charge in [-0.15, -0.1) is 0 Å². The van der Waals surface area contributed by atoms with Gasteiger partial charge in [0.05, 0.1) is 0 Å². The molecule has 0 spiro atoms. The maximum atomic E-state index is 12.9. The van der Waals surface area contributed by atoms with Gasteiger partial charge in [0.2, 0.25) is 0 Å². The highest BCUT2D eigenvalue weighted by atomic mass is 19.3. The van der Waals surface area contributed by atoms with Crippen molar-refractivity contribution in [1.82, 2.24) is 0 Å². The Hall–Kier alpha value is -2.03. The first-order valence-electron chi connectivity index (χ1n) is 6.17. The van der Waals surface area contributed by atoms with E-state index in [9.17, 15) is 8.78 Å². The molecular formula is C16H13F2N. The molecule has 0 amide bonds. The topological polar surface area (TPSA) is 12.4 Å². The summed E-state index contributed by atoms with van der Waals surface area (Å²) in [6, 6.07) is 13.6. The van der Waals surface area contributed by atoms with Gasteiger partial charge in [-0.05, 0) is 34.7 Å². The zero-order valence-electron chi connectivity index (χ0n) is 10.5. The fourth-order valence-corrected chi connectivity index (χ4v) is 2.66. The van der Waals surface area contributed by atoms with Crippen LogP contribution in [0.1, 0.15) is 16.7 Å². The number of hydrogen-bond donors (Lipinski definition) is 0. The molecule has 0 saturated carbocycles. The van der Waals surface area contributed by atoms with Gasteiger partial charge in [-0.3, -0.25) is 4.99 Å². The van der Waals surface area contributed by atoms with Crippen LogP contribution in [0.2, 0.25) is 0 Å². The summed E-state index contributed by atoms with van der Waals surface area (Å²) in [7, 11) is 1.41. The monoisotopic (exact) mass is 257 g/mol. The van der Waals surface area contributed by atoms with Crippen LogP contribution in [0.25, 0.3) is 11.1 Å². The van der Waals surface area contributed by atoms with Crippen molar-refractivity contribution in [2.24, 2.45) is 4.99 Å².